The molecule has 1 aliphatic carbocycles. The third kappa shape index (κ3) is 2.25. The van der Waals surface area contributed by atoms with Gasteiger partial charge in [0.25, 0.3) is 0 Å². The van der Waals surface area contributed by atoms with E-state index in [-0.39, 0.29) is 16.6 Å². The van der Waals surface area contributed by atoms with E-state index in [0.717, 1.165) is 22.2 Å². The van der Waals surface area contributed by atoms with Crippen molar-refractivity contribution in [1.29, 1.82) is 0 Å². The van der Waals surface area contributed by atoms with Gasteiger partial charge in [0.15, 0.2) is 16.6 Å². The molecule has 0 radical (unpaired) electrons. The van der Waals surface area contributed by atoms with Crippen LogP contribution in [-0.2, 0) is 0 Å². The third-order valence-electron chi connectivity index (χ3n) is 6.86. The van der Waals surface area contributed by atoms with E-state index >= 15 is 0 Å². The zero-order valence-electron chi connectivity index (χ0n) is 17.9. The summed E-state index contributed by atoms with van der Waals surface area (Å²) in [4.78, 5) is 46.5. The van der Waals surface area contributed by atoms with Crippen molar-refractivity contribution in [3.63, 3.8) is 0 Å². The zero-order valence-corrected chi connectivity index (χ0v) is 17.9. The molecule has 34 heavy (non-hydrogen) atoms. The van der Waals surface area contributed by atoms with E-state index in [4.69, 9.17) is 0 Å². The van der Waals surface area contributed by atoms with Gasteiger partial charge in [-0.05, 0) is 35.4 Å². The van der Waals surface area contributed by atoms with Crippen LogP contribution < -0.4 is 10.9 Å². The number of aromatic nitrogens is 2. The number of H-pyrrole nitrogens is 2. The average Bonchev–Trinajstić information content (AvgIpc) is 2.88. The van der Waals surface area contributed by atoms with Crippen molar-refractivity contribution >= 4 is 55.0 Å². The highest BCUT2D eigenvalue weighted by molar-refractivity contribution is 6.22. The minimum atomic E-state index is -0.189. The molecule has 6 aromatic rings. The lowest BCUT2D eigenvalue weighted by Gasteiger charge is -2.22. The highest BCUT2D eigenvalue weighted by atomic mass is 16.1. The first kappa shape index (κ1) is 18.8. The smallest absolute Gasteiger partial charge is 0.196 e. The number of hydrogen-bond donors (Lipinski definition) is 2. The first-order valence-corrected chi connectivity index (χ1v) is 10.9. The van der Waals surface area contributed by atoms with Crippen LogP contribution >= 0.6 is 0 Å². The van der Waals surface area contributed by atoms with E-state index in [1.54, 1.807) is 42.5 Å². The van der Waals surface area contributed by atoms with Gasteiger partial charge < -0.3 is 9.97 Å². The Kier molecular flexibility index (Phi) is 3.53. The molecule has 7 rings (SSSR count). The lowest BCUT2D eigenvalue weighted by molar-refractivity contribution is 0.103. The number of ketones is 1. The number of aromatic amines is 2. The molecular formula is C29H16N2O3. The van der Waals surface area contributed by atoms with Gasteiger partial charge in [0, 0.05) is 32.8 Å². The molecule has 0 bridgehead atoms. The summed E-state index contributed by atoms with van der Waals surface area (Å²) in [7, 11) is 0. The molecule has 1 aliphatic rings. The van der Waals surface area contributed by atoms with Gasteiger partial charge in [0.2, 0.25) is 0 Å². The molecular weight excluding hydrogens is 424 g/mol. The second kappa shape index (κ2) is 6.39. The normalized spacial score (nSPS) is 13.1. The quantitative estimate of drug-likeness (QED) is 0.249. The van der Waals surface area contributed by atoms with E-state index in [9.17, 15) is 14.4 Å². The van der Waals surface area contributed by atoms with Crippen molar-refractivity contribution in [3.05, 3.63) is 122 Å². The standard InChI is InChI=1S/C29H16N2O3/c1-14-15-6-2-3-7-16(15)27(32)19-10-12-21-25(23(14)19)30-22-13-11-20-24(26(22)31-21)29(34)18-9-5-4-8-17(18)28(20)33/h2-13,30-31H,1H2. The molecule has 0 fully saturated rings. The van der Waals surface area contributed by atoms with Gasteiger partial charge in [-0.3, -0.25) is 14.4 Å². The number of carbonyl (C=O) groups is 1. The molecule has 2 N–H and O–H groups in total. The van der Waals surface area contributed by atoms with Crippen LogP contribution in [0, 0.1) is 0 Å². The number of carbonyl (C=O) groups excluding carboxylic acids is 1. The fourth-order valence-electron chi connectivity index (χ4n) is 5.25. The van der Waals surface area contributed by atoms with Crippen LogP contribution in [0.4, 0.5) is 0 Å². The molecule has 1 heterocycles. The van der Waals surface area contributed by atoms with Crippen molar-refractivity contribution in [2.24, 2.45) is 0 Å². The Labute approximate surface area is 192 Å². The fourth-order valence-corrected chi connectivity index (χ4v) is 5.25. The lowest BCUT2D eigenvalue weighted by Crippen LogP contribution is -2.15. The van der Waals surface area contributed by atoms with Gasteiger partial charge in [-0.15, -0.1) is 0 Å². The second-order valence-electron chi connectivity index (χ2n) is 8.63. The molecule has 160 valence electrons. The third-order valence-corrected chi connectivity index (χ3v) is 6.86. The largest absolute Gasteiger partial charge is 0.352 e. The van der Waals surface area contributed by atoms with E-state index < -0.39 is 0 Å². The Balaban J connectivity index is 1.62. The van der Waals surface area contributed by atoms with E-state index in [2.05, 4.69) is 16.5 Å². The molecule has 5 nitrogen and oxygen atoms in total. The monoisotopic (exact) mass is 440 g/mol. The number of benzene rings is 5. The van der Waals surface area contributed by atoms with Crippen LogP contribution in [0.1, 0.15) is 27.0 Å². The molecule has 0 saturated carbocycles. The molecule has 0 unspecified atom stereocenters. The van der Waals surface area contributed by atoms with Crippen molar-refractivity contribution in [2.45, 2.75) is 0 Å². The maximum atomic E-state index is 13.4. The van der Waals surface area contributed by atoms with Crippen LogP contribution in [-0.4, -0.2) is 15.8 Å². The van der Waals surface area contributed by atoms with E-state index in [1.807, 2.05) is 30.3 Å². The Morgan fingerprint density at radius 3 is 1.97 bits per heavy atom. The number of fused-ring (bicyclic) bond motifs is 8. The summed E-state index contributed by atoms with van der Waals surface area (Å²) in [6, 6.07) is 21.5. The van der Waals surface area contributed by atoms with Crippen LogP contribution in [0.25, 0.3) is 49.2 Å². The van der Waals surface area contributed by atoms with Crippen LogP contribution in [0.2, 0.25) is 0 Å². The van der Waals surface area contributed by atoms with Crippen molar-refractivity contribution < 1.29 is 4.79 Å². The van der Waals surface area contributed by atoms with Crippen molar-refractivity contribution in [3.8, 4) is 0 Å². The lowest BCUT2D eigenvalue weighted by atomic mass is 9.81. The van der Waals surface area contributed by atoms with Gasteiger partial charge in [0.05, 0.1) is 27.5 Å². The first-order chi connectivity index (χ1) is 16.5. The van der Waals surface area contributed by atoms with Gasteiger partial charge in [-0.2, -0.15) is 0 Å². The minimum absolute atomic E-state index is 0.0452. The minimum Gasteiger partial charge on any atom is -0.352 e. The second-order valence-corrected chi connectivity index (χ2v) is 8.63. The van der Waals surface area contributed by atoms with E-state index in [1.165, 1.54) is 0 Å². The van der Waals surface area contributed by atoms with Crippen LogP contribution in [0.3, 0.4) is 0 Å². The first-order valence-electron chi connectivity index (χ1n) is 10.9. The number of hydrogen-bond acceptors (Lipinski definition) is 3. The summed E-state index contributed by atoms with van der Waals surface area (Å²) < 4.78 is 0. The van der Waals surface area contributed by atoms with Gasteiger partial charge in [-0.25, -0.2) is 0 Å². The van der Waals surface area contributed by atoms with Crippen LogP contribution in [0.15, 0.2) is 89.0 Å². The molecule has 0 aliphatic heterocycles. The molecule has 1 aromatic heterocycles. The molecule has 5 heteroatoms. The molecule has 0 spiro atoms. The van der Waals surface area contributed by atoms with Crippen molar-refractivity contribution in [1.82, 2.24) is 9.97 Å². The zero-order chi connectivity index (χ0) is 23.1. The maximum Gasteiger partial charge on any atom is 0.196 e. The van der Waals surface area contributed by atoms with Gasteiger partial charge in [0.1, 0.15) is 0 Å². The highest BCUT2D eigenvalue weighted by Gasteiger charge is 2.28. The Morgan fingerprint density at radius 1 is 0.559 bits per heavy atom. The maximum absolute atomic E-state index is 13.4. The Bertz CT molecular complexity index is 2040. The van der Waals surface area contributed by atoms with Gasteiger partial charge in [-0.1, -0.05) is 55.1 Å². The summed E-state index contributed by atoms with van der Waals surface area (Å²) in [6.07, 6.45) is 0. The SMILES string of the molecule is C=C1c2ccccc2C(=O)c2ccc3[nH]c4c(ccc5c(=O)c6ccccc6c(=O)c54)[nH]c3c21. The summed E-state index contributed by atoms with van der Waals surface area (Å²) in [5.41, 5.74) is 5.85. The molecule has 0 atom stereocenters. The van der Waals surface area contributed by atoms with Gasteiger partial charge >= 0.3 is 0 Å². The average molecular weight is 440 g/mol. The predicted octanol–water partition coefficient (Wildman–Crippen LogP) is 5.28. The van der Waals surface area contributed by atoms with Crippen LogP contribution in [0.5, 0.6) is 0 Å². The molecule has 0 amide bonds. The summed E-state index contributed by atoms with van der Waals surface area (Å²) >= 11 is 0. The topological polar surface area (TPSA) is 82.8 Å². The summed E-state index contributed by atoms with van der Waals surface area (Å²) in [5, 5.41) is 1.57. The molecule has 5 aromatic carbocycles. The number of rotatable bonds is 0. The predicted molar refractivity (Wildman–Crippen MR) is 136 cm³/mol. The number of nitrogens with one attached hydrogen (secondary N) is 2. The Hall–Kier alpha value is -4.77. The highest BCUT2D eigenvalue weighted by Crippen LogP contribution is 2.38. The van der Waals surface area contributed by atoms with E-state index in [0.29, 0.717) is 49.2 Å². The summed E-state index contributed by atoms with van der Waals surface area (Å²) in [5.74, 6) is -0.0452. The van der Waals surface area contributed by atoms with Crippen molar-refractivity contribution in [2.75, 3.05) is 0 Å². The fraction of sp³-hybridized carbons (Fsp3) is 0. The summed E-state index contributed by atoms with van der Waals surface area (Å²) in [6.45, 7) is 4.29. The Morgan fingerprint density at radius 2 is 1.18 bits per heavy atom. The molecule has 0 saturated heterocycles.